The SMILES string of the molecule is C#CC1CCC2CN(C)CCN12. The van der Waals surface area contributed by atoms with Crippen LogP contribution in [-0.4, -0.2) is 48.6 Å². The van der Waals surface area contributed by atoms with Gasteiger partial charge in [-0.2, -0.15) is 0 Å². The van der Waals surface area contributed by atoms with Crippen molar-refractivity contribution >= 4 is 0 Å². The van der Waals surface area contributed by atoms with Crippen LogP contribution in [0, 0.1) is 12.3 Å². The summed E-state index contributed by atoms with van der Waals surface area (Å²) in [5.74, 6) is 2.89. The van der Waals surface area contributed by atoms with Gasteiger partial charge < -0.3 is 4.90 Å². The maximum atomic E-state index is 5.47. The molecule has 0 spiro atoms. The molecule has 0 bridgehead atoms. The van der Waals surface area contributed by atoms with Crippen molar-refractivity contribution < 1.29 is 0 Å². The molecule has 2 heteroatoms. The topological polar surface area (TPSA) is 6.48 Å². The summed E-state index contributed by atoms with van der Waals surface area (Å²) in [6.07, 6.45) is 7.96. The van der Waals surface area contributed by atoms with Gasteiger partial charge in [-0.1, -0.05) is 5.92 Å². The van der Waals surface area contributed by atoms with Gasteiger partial charge in [0.15, 0.2) is 0 Å². The highest BCUT2D eigenvalue weighted by molar-refractivity contribution is 5.07. The summed E-state index contributed by atoms with van der Waals surface area (Å²) in [5, 5.41) is 0. The van der Waals surface area contributed by atoms with Gasteiger partial charge in [0, 0.05) is 25.7 Å². The van der Waals surface area contributed by atoms with Crippen molar-refractivity contribution in [3.8, 4) is 12.3 Å². The molecular formula is C10H16N2. The quantitative estimate of drug-likeness (QED) is 0.478. The number of piperazine rings is 1. The molecule has 2 rings (SSSR count). The number of nitrogens with zero attached hydrogens (tertiary/aromatic N) is 2. The zero-order valence-electron chi connectivity index (χ0n) is 7.66. The van der Waals surface area contributed by atoms with Gasteiger partial charge >= 0.3 is 0 Å². The van der Waals surface area contributed by atoms with E-state index in [1.165, 1.54) is 25.9 Å². The van der Waals surface area contributed by atoms with Gasteiger partial charge in [-0.3, -0.25) is 4.90 Å². The van der Waals surface area contributed by atoms with Crippen LogP contribution in [0.3, 0.4) is 0 Å². The maximum absolute atomic E-state index is 5.47. The molecule has 0 radical (unpaired) electrons. The van der Waals surface area contributed by atoms with Gasteiger partial charge in [0.25, 0.3) is 0 Å². The molecule has 0 aromatic carbocycles. The fourth-order valence-corrected chi connectivity index (χ4v) is 2.39. The zero-order valence-corrected chi connectivity index (χ0v) is 7.66. The van der Waals surface area contributed by atoms with E-state index in [1.54, 1.807) is 0 Å². The third-order valence-electron chi connectivity index (χ3n) is 3.10. The third kappa shape index (κ3) is 1.24. The van der Waals surface area contributed by atoms with Crippen molar-refractivity contribution in [2.45, 2.75) is 24.9 Å². The number of likely N-dealkylation sites (N-methyl/N-ethyl adjacent to an activating group) is 1. The van der Waals surface area contributed by atoms with E-state index in [2.05, 4.69) is 22.8 Å². The Hall–Kier alpha value is -0.520. The average Bonchev–Trinajstić information content (AvgIpc) is 2.46. The highest BCUT2D eigenvalue weighted by atomic mass is 15.3. The van der Waals surface area contributed by atoms with E-state index < -0.39 is 0 Å². The van der Waals surface area contributed by atoms with Crippen LogP contribution in [0.1, 0.15) is 12.8 Å². The molecule has 0 aromatic heterocycles. The fraction of sp³-hybridized carbons (Fsp3) is 0.800. The predicted octanol–water partition coefficient (Wildman–Crippen LogP) is 0.398. The van der Waals surface area contributed by atoms with Crippen LogP contribution in [0.2, 0.25) is 0 Å². The first-order valence-corrected chi connectivity index (χ1v) is 4.71. The summed E-state index contributed by atoms with van der Waals surface area (Å²) < 4.78 is 0. The van der Waals surface area contributed by atoms with Crippen molar-refractivity contribution in [2.24, 2.45) is 0 Å². The van der Waals surface area contributed by atoms with Gasteiger partial charge in [-0.05, 0) is 19.9 Å². The lowest BCUT2D eigenvalue weighted by Crippen LogP contribution is -2.50. The summed E-state index contributed by atoms with van der Waals surface area (Å²) in [6.45, 7) is 3.54. The Morgan fingerprint density at radius 2 is 2.17 bits per heavy atom. The second kappa shape index (κ2) is 3.08. The summed E-state index contributed by atoms with van der Waals surface area (Å²) >= 11 is 0. The van der Waals surface area contributed by atoms with E-state index in [0.29, 0.717) is 6.04 Å². The van der Waals surface area contributed by atoms with Crippen LogP contribution < -0.4 is 0 Å². The number of rotatable bonds is 0. The monoisotopic (exact) mass is 164 g/mol. The zero-order chi connectivity index (χ0) is 8.55. The van der Waals surface area contributed by atoms with E-state index in [1.807, 2.05) is 0 Å². The molecule has 2 heterocycles. The Bertz CT molecular complexity index is 206. The third-order valence-corrected chi connectivity index (χ3v) is 3.10. The lowest BCUT2D eigenvalue weighted by Gasteiger charge is -2.37. The van der Waals surface area contributed by atoms with Gasteiger partial charge in [0.1, 0.15) is 0 Å². The second-order valence-corrected chi connectivity index (χ2v) is 3.91. The molecule has 2 aliphatic rings. The van der Waals surface area contributed by atoms with E-state index in [0.717, 1.165) is 12.6 Å². The first kappa shape index (κ1) is 8.10. The molecular weight excluding hydrogens is 148 g/mol. The van der Waals surface area contributed by atoms with Crippen molar-refractivity contribution in [1.82, 2.24) is 9.80 Å². The fourth-order valence-electron chi connectivity index (χ4n) is 2.39. The number of hydrogen-bond acceptors (Lipinski definition) is 2. The average molecular weight is 164 g/mol. The highest BCUT2D eigenvalue weighted by Gasteiger charge is 2.35. The van der Waals surface area contributed by atoms with Crippen LogP contribution >= 0.6 is 0 Å². The smallest absolute Gasteiger partial charge is 0.0715 e. The van der Waals surface area contributed by atoms with Gasteiger partial charge in [0.2, 0.25) is 0 Å². The Kier molecular flexibility index (Phi) is 2.08. The van der Waals surface area contributed by atoms with E-state index in [-0.39, 0.29) is 0 Å². The molecule has 2 aliphatic heterocycles. The van der Waals surface area contributed by atoms with Gasteiger partial charge in [-0.25, -0.2) is 0 Å². The van der Waals surface area contributed by atoms with Gasteiger partial charge in [-0.15, -0.1) is 6.42 Å². The summed E-state index contributed by atoms with van der Waals surface area (Å²) in [7, 11) is 2.19. The molecule has 2 unspecified atom stereocenters. The minimum Gasteiger partial charge on any atom is -0.304 e. The number of terminal acetylenes is 1. The molecule has 0 aliphatic carbocycles. The molecule has 0 saturated carbocycles. The highest BCUT2D eigenvalue weighted by Crippen LogP contribution is 2.26. The Morgan fingerprint density at radius 3 is 2.92 bits per heavy atom. The van der Waals surface area contributed by atoms with E-state index in [4.69, 9.17) is 6.42 Å². The molecule has 0 aromatic rings. The Labute approximate surface area is 74.5 Å². The largest absolute Gasteiger partial charge is 0.304 e. The van der Waals surface area contributed by atoms with E-state index >= 15 is 0 Å². The van der Waals surface area contributed by atoms with Crippen LogP contribution in [0.25, 0.3) is 0 Å². The normalized spacial score (nSPS) is 37.7. The predicted molar refractivity (Wildman–Crippen MR) is 49.8 cm³/mol. The van der Waals surface area contributed by atoms with Crippen molar-refractivity contribution in [2.75, 3.05) is 26.7 Å². The minimum atomic E-state index is 0.434. The van der Waals surface area contributed by atoms with Crippen molar-refractivity contribution in [3.63, 3.8) is 0 Å². The van der Waals surface area contributed by atoms with Crippen LogP contribution in [0.15, 0.2) is 0 Å². The van der Waals surface area contributed by atoms with Crippen LogP contribution in [0.5, 0.6) is 0 Å². The second-order valence-electron chi connectivity index (χ2n) is 3.91. The molecule has 2 saturated heterocycles. The number of fused-ring (bicyclic) bond motifs is 1. The minimum absolute atomic E-state index is 0.434. The molecule has 2 atom stereocenters. The first-order chi connectivity index (χ1) is 5.81. The van der Waals surface area contributed by atoms with Gasteiger partial charge in [0.05, 0.1) is 6.04 Å². The molecule has 12 heavy (non-hydrogen) atoms. The lowest BCUT2D eigenvalue weighted by molar-refractivity contribution is 0.109. The summed E-state index contributed by atoms with van der Waals surface area (Å²) in [5.41, 5.74) is 0. The molecule has 0 N–H and O–H groups in total. The molecule has 0 amide bonds. The van der Waals surface area contributed by atoms with Crippen LogP contribution in [-0.2, 0) is 0 Å². The standard InChI is InChI=1S/C10H16N2/c1-3-9-4-5-10-8-11(2)6-7-12(9)10/h1,9-10H,4-8H2,2H3. The molecule has 2 fully saturated rings. The summed E-state index contributed by atoms with van der Waals surface area (Å²) in [4.78, 5) is 4.90. The van der Waals surface area contributed by atoms with E-state index in [9.17, 15) is 0 Å². The number of hydrogen-bond donors (Lipinski definition) is 0. The lowest BCUT2D eigenvalue weighted by atomic mass is 10.2. The van der Waals surface area contributed by atoms with Crippen LogP contribution in [0.4, 0.5) is 0 Å². The molecule has 66 valence electrons. The van der Waals surface area contributed by atoms with Crippen molar-refractivity contribution in [3.05, 3.63) is 0 Å². The maximum Gasteiger partial charge on any atom is 0.0715 e. The van der Waals surface area contributed by atoms with Crippen molar-refractivity contribution in [1.29, 1.82) is 0 Å². The first-order valence-electron chi connectivity index (χ1n) is 4.71. The molecule has 2 nitrogen and oxygen atoms in total. The Morgan fingerprint density at radius 1 is 1.33 bits per heavy atom. The summed E-state index contributed by atoms with van der Waals surface area (Å²) in [6, 6.07) is 1.17. The Balaban J connectivity index is 2.04.